The van der Waals surface area contributed by atoms with Crippen LogP contribution < -0.4 is 10.1 Å². The van der Waals surface area contributed by atoms with Crippen LogP contribution in [0.4, 0.5) is 4.79 Å². The normalized spacial score (nSPS) is 16.9. The number of allylic oxidation sites excluding steroid dienone is 2. The number of thiophene rings is 1. The average Bonchev–Trinajstić information content (AvgIpc) is 3.57. The fourth-order valence-electron chi connectivity index (χ4n) is 4.58. The summed E-state index contributed by atoms with van der Waals surface area (Å²) in [5, 5.41) is 2.72. The summed E-state index contributed by atoms with van der Waals surface area (Å²) in [5.74, 6) is 3.67. The van der Waals surface area contributed by atoms with Crippen molar-refractivity contribution in [2.24, 2.45) is 0 Å². The summed E-state index contributed by atoms with van der Waals surface area (Å²) in [6.07, 6.45) is 14.2. The molecule has 9 heteroatoms. The number of methoxy groups -OCH3 is 1. The van der Waals surface area contributed by atoms with E-state index in [1.54, 1.807) is 23.9 Å². The van der Waals surface area contributed by atoms with Crippen LogP contribution in [0.3, 0.4) is 0 Å². The molecule has 1 saturated heterocycles. The summed E-state index contributed by atoms with van der Waals surface area (Å²) in [4.78, 5) is 32.6. The second kappa shape index (κ2) is 10.0. The van der Waals surface area contributed by atoms with E-state index in [0.717, 1.165) is 33.6 Å². The number of ether oxygens (including phenoxy) is 2. The molecule has 2 aliphatic rings. The third-order valence-electron chi connectivity index (χ3n) is 6.34. The SMILES string of the molecule is C#CCNC(=O)n1c(C)cc2c1CC=CC(Oc1ccnc3cc(C(=O)N4CCC(OC)C4)sc13)=C2. The van der Waals surface area contributed by atoms with Gasteiger partial charge in [-0.15, -0.1) is 17.8 Å². The van der Waals surface area contributed by atoms with Crippen LogP contribution in [-0.4, -0.2) is 59.2 Å². The highest BCUT2D eigenvalue weighted by Gasteiger charge is 2.28. The maximum absolute atomic E-state index is 13.1. The summed E-state index contributed by atoms with van der Waals surface area (Å²) >= 11 is 1.38. The molecule has 1 aliphatic heterocycles. The lowest BCUT2D eigenvalue weighted by molar-refractivity contribution is 0.0728. The van der Waals surface area contributed by atoms with Crippen molar-refractivity contribution in [3.63, 3.8) is 0 Å². The molecule has 1 atom stereocenters. The standard InChI is InChI=1S/C27H26N4O4S/c1-4-10-29-27(33)31-17(2)13-18-14-19(6-5-7-22(18)31)35-23-8-11-28-21-15-24(36-25(21)23)26(32)30-12-9-20(16-30)34-3/h1,5-6,8,11,13-15,20H,7,9-10,12,16H2,2-3H3,(H,29,33). The van der Waals surface area contributed by atoms with E-state index in [9.17, 15) is 9.59 Å². The van der Waals surface area contributed by atoms with Gasteiger partial charge in [0, 0.05) is 55.8 Å². The quantitative estimate of drug-likeness (QED) is 0.534. The van der Waals surface area contributed by atoms with Crippen LogP contribution in [0.2, 0.25) is 0 Å². The van der Waals surface area contributed by atoms with E-state index in [1.165, 1.54) is 11.3 Å². The zero-order valence-corrected chi connectivity index (χ0v) is 20.9. The van der Waals surface area contributed by atoms with Gasteiger partial charge in [0.2, 0.25) is 0 Å². The number of hydrogen-bond donors (Lipinski definition) is 1. The van der Waals surface area contributed by atoms with Crippen molar-refractivity contribution in [3.8, 4) is 18.1 Å². The maximum atomic E-state index is 13.1. The fraction of sp³-hybridized carbons (Fsp3) is 0.296. The third kappa shape index (κ3) is 4.53. The van der Waals surface area contributed by atoms with E-state index < -0.39 is 0 Å². The number of likely N-dealkylation sites (tertiary alicyclic amines) is 1. The Labute approximate surface area is 213 Å². The highest BCUT2D eigenvalue weighted by atomic mass is 32.1. The zero-order chi connectivity index (χ0) is 25.2. The van der Waals surface area contributed by atoms with Crippen molar-refractivity contribution >= 4 is 39.6 Å². The van der Waals surface area contributed by atoms with Gasteiger partial charge in [-0.1, -0.05) is 12.0 Å². The van der Waals surface area contributed by atoms with Crippen LogP contribution >= 0.6 is 11.3 Å². The van der Waals surface area contributed by atoms with Gasteiger partial charge in [-0.3, -0.25) is 14.3 Å². The summed E-state index contributed by atoms with van der Waals surface area (Å²) in [6, 6.07) is 5.32. The summed E-state index contributed by atoms with van der Waals surface area (Å²) in [6.45, 7) is 3.33. The number of nitrogens with one attached hydrogen (secondary N) is 1. The minimum absolute atomic E-state index is 0.0124. The summed E-state index contributed by atoms with van der Waals surface area (Å²) < 4.78 is 14.1. The first kappa shape index (κ1) is 23.9. The van der Waals surface area contributed by atoms with E-state index in [4.69, 9.17) is 15.9 Å². The van der Waals surface area contributed by atoms with Gasteiger partial charge in [-0.05, 0) is 37.6 Å². The number of carbonyl (C=O) groups is 2. The highest BCUT2D eigenvalue weighted by molar-refractivity contribution is 7.21. The molecular formula is C27H26N4O4S. The van der Waals surface area contributed by atoms with Gasteiger partial charge in [-0.2, -0.15) is 0 Å². The molecule has 4 heterocycles. The topological polar surface area (TPSA) is 85.7 Å². The molecule has 1 aliphatic carbocycles. The van der Waals surface area contributed by atoms with Crippen LogP contribution in [0, 0.1) is 19.3 Å². The number of nitrogens with zero attached hydrogens (tertiary/aromatic N) is 3. The first-order valence-electron chi connectivity index (χ1n) is 11.7. The van der Waals surface area contributed by atoms with Crippen LogP contribution in [0.25, 0.3) is 16.3 Å². The molecule has 0 bridgehead atoms. The molecule has 3 aromatic rings. The molecule has 0 saturated carbocycles. The number of amides is 2. The van der Waals surface area contributed by atoms with Gasteiger partial charge >= 0.3 is 6.03 Å². The van der Waals surface area contributed by atoms with E-state index in [-0.39, 0.29) is 24.6 Å². The number of hydrogen-bond acceptors (Lipinski definition) is 6. The predicted molar refractivity (Wildman–Crippen MR) is 139 cm³/mol. The molecule has 1 unspecified atom stereocenters. The van der Waals surface area contributed by atoms with E-state index in [2.05, 4.69) is 16.2 Å². The lowest BCUT2D eigenvalue weighted by Crippen LogP contribution is -2.30. The van der Waals surface area contributed by atoms with E-state index in [1.807, 2.05) is 42.2 Å². The largest absolute Gasteiger partial charge is 0.456 e. The van der Waals surface area contributed by atoms with Gasteiger partial charge in [0.15, 0.2) is 0 Å². The molecule has 5 rings (SSSR count). The molecule has 36 heavy (non-hydrogen) atoms. The monoisotopic (exact) mass is 502 g/mol. The predicted octanol–water partition coefficient (Wildman–Crippen LogP) is 3.99. The molecule has 3 aromatic heterocycles. The molecule has 8 nitrogen and oxygen atoms in total. The Kier molecular flexibility index (Phi) is 6.63. The van der Waals surface area contributed by atoms with Crippen LogP contribution in [0.5, 0.6) is 5.75 Å². The van der Waals surface area contributed by atoms with Crippen LogP contribution in [0.1, 0.15) is 33.0 Å². The number of rotatable bonds is 5. The van der Waals surface area contributed by atoms with Crippen molar-refractivity contribution in [1.82, 2.24) is 19.8 Å². The number of fused-ring (bicyclic) bond motifs is 2. The number of carbonyl (C=O) groups excluding carboxylic acids is 2. The molecule has 1 N–H and O–H groups in total. The molecular weight excluding hydrogens is 476 g/mol. The fourth-order valence-corrected chi connectivity index (χ4v) is 5.61. The van der Waals surface area contributed by atoms with Crippen LogP contribution in [0.15, 0.2) is 42.3 Å². The van der Waals surface area contributed by atoms with E-state index in [0.29, 0.717) is 35.9 Å². The Balaban J connectivity index is 1.41. The van der Waals surface area contributed by atoms with E-state index >= 15 is 0 Å². The Morgan fingerprint density at radius 2 is 2.22 bits per heavy atom. The molecule has 2 amide bonds. The molecule has 1 fully saturated rings. The van der Waals surface area contributed by atoms with Crippen molar-refractivity contribution in [2.75, 3.05) is 26.7 Å². The third-order valence-corrected chi connectivity index (χ3v) is 7.46. The summed E-state index contributed by atoms with van der Waals surface area (Å²) in [7, 11) is 1.68. The highest BCUT2D eigenvalue weighted by Crippen LogP contribution is 2.35. The van der Waals surface area contributed by atoms with Gasteiger partial charge < -0.3 is 19.7 Å². The van der Waals surface area contributed by atoms with Crippen molar-refractivity contribution in [1.29, 1.82) is 0 Å². The molecule has 184 valence electrons. The lowest BCUT2D eigenvalue weighted by Gasteiger charge is -2.14. The maximum Gasteiger partial charge on any atom is 0.326 e. The minimum atomic E-state index is -0.251. The molecule has 0 aromatic carbocycles. The Morgan fingerprint density at radius 1 is 1.36 bits per heavy atom. The summed E-state index contributed by atoms with van der Waals surface area (Å²) in [5.41, 5.74) is 3.29. The first-order chi connectivity index (χ1) is 17.5. The van der Waals surface area contributed by atoms with Crippen molar-refractivity contribution in [3.05, 3.63) is 64.1 Å². The lowest BCUT2D eigenvalue weighted by atomic mass is 10.2. The van der Waals surface area contributed by atoms with Gasteiger partial charge in [-0.25, -0.2) is 4.79 Å². The number of aromatic nitrogens is 2. The minimum Gasteiger partial charge on any atom is -0.456 e. The Morgan fingerprint density at radius 3 is 3.00 bits per heavy atom. The number of terminal acetylenes is 1. The number of pyridine rings is 1. The Hall–Kier alpha value is -3.87. The molecule has 0 spiro atoms. The first-order valence-corrected chi connectivity index (χ1v) is 12.5. The smallest absolute Gasteiger partial charge is 0.326 e. The van der Waals surface area contributed by atoms with Crippen molar-refractivity contribution in [2.45, 2.75) is 25.9 Å². The zero-order valence-electron chi connectivity index (χ0n) is 20.1. The van der Waals surface area contributed by atoms with Gasteiger partial charge in [0.1, 0.15) is 11.5 Å². The van der Waals surface area contributed by atoms with Crippen molar-refractivity contribution < 1.29 is 19.1 Å². The molecule has 0 radical (unpaired) electrons. The van der Waals surface area contributed by atoms with Gasteiger partial charge in [0.25, 0.3) is 5.91 Å². The second-order valence-corrected chi connectivity index (χ2v) is 9.73. The second-order valence-electron chi connectivity index (χ2n) is 8.67. The Bertz CT molecular complexity index is 1440. The number of aryl methyl sites for hydroxylation is 1. The average molecular weight is 503 g/mol. The van der Waals surface area contributed by atoms with Gasteiger partial charge in [0.05, 0.1) is 27.7 Å². The van der Waals surface area contributed by atoms with Crippen LogP contribution in [-0.2, 0) is 11.2 Å².